The lowest BCUT2D eigenvalue weighted by Crippen LogP contribution is -2.28. The monoisotopic (exact) mass is 428 g/mol. The van der Waals surface area contributed by atoms with Crippen LogP contribution in [0.5, 0.6) is 0 Å². The number of hydrogen-bond donors (Lipinski definition) is 0. The number of ether oxygens (including phenoxy) is 3. The second-order valence-corrected chi connectivity index (χ2v) is 7.17. The predicted molar refractivity (Wildman–Crippen MR) is 127 cm³/mol. The Labute approximate surface area is 189 Å². The van der Waals surface area contributed by atoms with Crippen molar-refractivity contribution in [2.45, 2.75) is 25.4 Å². The number of methoxy groups -OCH3 is 1. The molecule has 0 aliphatic carbocycles. The normalized spacial score (nSPS) is 13.3. The smallest absolute Gasteiger partial charge is 0.330 e. The molecule has 0 unspecified atom stereocenters. The van der Waals surface area contributed by atoms with Gasteiger partial charge in [0.05, 0.1) is 20.3 Å². The zero-order valence-corrected chi connectivity index (χ0v) is 18.2. The van der Waals surface area contributed by atoms with Crippen LogP contribution in [-0.2, 0) is 32.2 Å². The molecule has 0 spiro atoms. The van der Waals surface area contributed by atoms with Gasteiger partial charge in [-0.2, -0.15) is 0 Å². The highest BCUT2D eigenvalue weighted by molar-refractivity contribution is 5.81. The van der Waals surface area contributed by atoms with Gasteiger partial charge in [0, 0.05) is 6.08 Å². The third kappa shape index (κ3) is 7.99. The summed E-state index contributed by atoms with van der Waals surface area (Å²) in [4.78, 5) is 11.7. The largest absolute Gasteiger partial charge is 0.466 e. The van der Waals surface area contributed by atoms with Crippen LogP contribution >= 0.6 is 0 Å². The van der Waals surface area contributed by atoms with Crippen molar-refractivity contribution in [1.82, 2.24) is 0 Å². The highest BCUT2D eigenvalue weighted by Crippen LogP contribution is 2.16. The molecule has 0 radical (unpaired) electrons. The molecule has 4 nitrogen and oxygen atoms in total. The van der Waals surface area contributed by atoms with E-state index in [2.05, 4.69) is 0 Å². The van der Waals surface area contributed by atoms with Crippen LogP contribution in [0.3, 0.4) is 0 Å². The van der Waals surface area contributed by atoms with Crippen molar-refractivity contribution in [3.05, 3.63) is 126 Å². The van der Waals surface area contributed by atoms with E-state index < -0.39 is 18.2 Å². The van der Waals surface area contributed by atoms with Crippen molar-refractivity contribution >= 4 is 12.0 Å². The Morgan fingerprint density at radius 2 is 1.19 bits per heavy atom. The van der Waals surface area contributed by atoms with Crippen LogP contribution in [0.4, 0.5) is 0 Å². The van der Waals surface area contributed by atoms with Gasteiger partial charge in [0.25, 0.3) is 0 Å². The summed E-state index contributed by atoms with van der Waals surface area (Å²) in [7, 11) is 1.35. The van der Waals surface area contributed by atoms with Gasteiger partial charge < -0.3 is 14.2 Å². The number of carbonyl (C=O) groups is 1. The number of esters is 1. The first-order valence-corrected chi connectivity index (χ1v) is 10.5. The third-order valence-corrected chi connectivity index (χ3v) is 4.80. The number of carbonyl (C=O) groups excluding carboxylic acids is 1. The van der Waals surface area contributed by atoms with Gasteiger partial charge in [0.1, 0.15) is 12.2 Å². The predicted octanol–water partition coefficient (Wildman–Crippen LogP) is 5.60. The minimum absolute atomic E-state index is 0.390. The molecule has 4 heteroatoms. The van der Waals surface area contributed by atoms with Crippen LogP contribution in [-0.4, -0.2) is 25.3 Å². The number of hydrogen-bond acceptors (Lipinski definition) is 4. The molecule has 3 aromatic rings. The van der Waals surface area contributed by atoms with Crippen molar-refractivity contribution < 1.29 is 19.0 Å². The van der Waals surface area contributed by atoms with Gasteiger partial charge in [-0.3, -0.25) is 0 Å². The lowest BCUT2D eigenvalue weighted by atomic mass is 10.1. The second-order valence-electron chi connectivity index (χ2n) is 7.17. The van der Waals surface area contributed by atoms with Gasteiger partial charge in [-0.15, -0.1) is 0 Å². The van der Waals surface area contributed by atoms with Gasteiger partial charge in [-0.25, -0.2) is 4.79 Å². The molecule has 2 atom stereocenters. The van der Waals surface area contributed by atoms with Crippen LogP contribution in [0.1, 0.15) is 16.7 Å². The first-order chi connectivity index (χ1) is 15.7. The van der Waals surface area contributed by atoms with E-state index in [-0.39, 0.29) is 0 Å². The summed E-state index contributed by atoms with van der Waals surface area (Å²) in [5.41, 5.74) is 3.15. The molecule has 0 aromatic heterocycles. The van der Waals surface area contributed by atoms with E-state index in [1.807, 2.05) is 103 Å². The zero-order chi connectivity index (χ0) is 22.4. The van der Waals surface area contributed by atoms with E-state index in [0.717, 1.165) is 16.7 Å². The van der Waals surface area contributed by atoms with E-state index in [1.165, 1.54) is 13.2 Å². The molecule has 0 fully saturated rings. The lowest BCUT2D eigenvalue weighted by Gasteiger charge is -2.23. The molecule has 32 heavy (non-hydrogen) atoms. The van der Waals surface area contributed by atoms with Gasteiger partial charge in [-0.05, 0) is 22.8 Å². The van der Waals surface area contributed by atoms with Crippen molar-refractivity contribution in [2.75, 3.05) is 7.11 Å². The van der Waals surface area contributed by atoms with E-state index in [0.29, 0.717) is 13.2 Å². The Bertz CT molecular complexity index is 982. The van der Waals surface area contributed by atoms with Crippen molar-refractivity contribution in [2.24, 2.45) is 0 Å². The van der Waals surface area contributed by atoms with Crippen LogP contribution in [0.15, 0.2) is 109 Å². The SMILES string of the molecule is COC(=O)/C=C\[C@@H](OCc1ccccc1)[C@H](/C=C/c1ccccc1)OCc1ccccc1. The molecular weight excluding hydrogens is 400 g/mol. The minimum atomic E-state index is -0.488. The average molecular weight is 429 g/mol. The summed E-state index contributed by atoms with van der Waals surface area (Å²) in [6, 6.07) is 29.9. The standard InChI is InChI=1S/C28H28O4/c1-30-28(29)20-19-27(32-22-25-15-9-4-10-16-25)26(18-17-23-11-5-2-6-12-23)31-21-24-13-7-3-8-14-24/h2-20,26-27H,21-22H2,1H3/b18-17+,20-19-/t26-,27+/m0/s1. The maximum atomic E-state index is 11.7. The Hall–Kier alpha value is -3.47. The first-order valence-electron chi connectivity index (χ1n) is 10.5. The Kier molecular flexibility index (Phi) is 9.46. The van der Waals surface area contributed by atoms with E-state index in [9.17, 15) is 4.79 Å². The second kappa shape index (κ2) is 13.1. The van der Waals surface area contributed by atoms with Crippen molar-refractivity contribution in [3.8, 4) is 0 Å². The molecule has 0 N–H and O–H groups in total. The maximum absolute atomic E-state index is 11.7. The maximum Gasteiger partial charge on any atom is 0.330 e. The highest BCUT2D eigenvalue weighted by Gasteiger charge is 2.19. The molecule has 0 aliphatic heterocycles. The molecule has 0 saturated carbocycles. The molecule has 164 valence electrons. The number of benzene rings is 3. The summed E-state index contributed by atoms with van der Waals surface area (Å²) < 4.78 is 17.2. The fourth-order valence-corrected chi connectivity index (χ4v) is 3.06. The summed E-state index contributed by atoms with van der Waals surface area (Å²) in [6.45, 7) is 0.809. The average Bonchev–Trinajstić information content (AvgIpc) is 2.86. The molecule has 3 aromatic carbocycles. The molecule has 3 rings (SSSR count). The zero-order valence-electron chi connectivity index (χ0n) is 18.2. The Morgan fingerprint density at radius 3 is 1.69 bits per heavy atom. The molecule has 0 heterocycles. The molecule has 0 saturated heterocycles. The number of rotatable bonds is 11. The van der Waals surface area contributed by atoms with Gasteiger partial charge in [0.15, 0.2) is 0 Å². The summed E-state index contributed by atoms with van der Waals surface area (Å²) in [5, 5.41) is 0. The summed E-state index contributed by atoms with van der Waals surface area (Å²) >= 11 is 0. The fraction of sp³-hybridized carbons (Fsp3) is 0.179. The summed E-state index contributed by atoms with van der Waals surface area (Å²) in [6.07, 6.45) is 6.14. The molecular formula is C28H28O4. The lowest BCUT2D eigenvalue weighted by molar-refractivity contribution is -0.135. The summed E-state index contributed by atoms with van der Waals surface area (Å²) in [5.74, 6) is -0.438. The van der Waals surface area contributed by atoms with E-state index in [1.54, 1.807) is 6.08 Å². The molecule has 0 aliphatic rings. The topological polar surface area (TPSA) is 44.8 Å². The van der Waals surface area contributed by atoms with Crippen LogP contribution < -0.4 is 0 Å². The van der Waals surface area contributed by atoms with Crippen molar-refractivity contribution in [1.29, 1.82) is 0 Å². The minimum Gasteiger partial charge on any atom is -0.466 e. The van der Waals surface area contributed by atoms with Crippen LogP contribution in [0, 0.1) is 0 Å². The van der Waals surface area contributed by atoms with E-state index >= 15 is 0 Å². The van der Waals surface area contributed by atoms with Crippen molar-refractivity contribution in [3.63, 3.8) is 0 Å². The molecule has 0 bridgehead atoms. The molecule has 0 amide bonds. The van der Waals surface area contributed by atoms with Gasteiger partial charge in [0.2, 0.25) is 0 Å². The fourth-order valence-electron chi connectivity index (χ4n) is 3.06. The van der Waals surface area contributed by atoms with Gasteiger partial charge >= 0.3 is 5.97 Å². The highest BCUT2D eigenvalue weighted by atomic mass is 16.5. The van der Waals surface area contributed by atoms with Crippen LogP contribution in [0.2, 0.25) is 0 Å². The Balaban J connectivity index is 1.81. The van der Waals surface area contributed by atoms with Gasteiger partial charge in [-0.1, -0.05) is 103 Å². The Morgan fingerprint density at radius 1 is 0.719 bits per heavy atom. The third-order valence-electron chi connectivity index (χ3n) is 4.80. The van der Waals surface area contributed by atoms with Crippen LogP contribution in [0.25, 0.3) is 6.08 Å². The first kappa shape index (κ1) is 23.2. The quantitative estimate of drug-likeness (QED) is 0.295. The van der Waals surface area contributed by atoms with E-state index in [4.69, 9.17) is 14.2 Å².